The summed E-state index contributed by atoms with van der Waals surface area (Å²) in [4.78, 5) is 26.7. The summed E-state index contributed by atoms with van der Waals surface area (Å²) < 4.78 is 16.5. The normalized spacial score (nSPS) is 19.9. The van der Waals surface area contributed by atoms with E-state index in [0.29, 0.717) is 49.6 Å². The van der Waals surface area contributed by atoms with Gasteiger partial charge in [0.25, 0.3) is 11.8 Å². The number of ether oxygens (including phenoxy) is 2. The van der Waals surface area contributed by atoms with Gasteiger partial charge in [-0.05, 0) is 56.0 Å². The summed E-state index contributed by atoms with van der Waals surface area (Å²) in [6.45, 7) is 2.49. The molecule has 2 aliphatic heterocycles. The summed E-state index contributed by atoms with van der Waals surface area (Å²) >= 11 is 0. The predicted molar refractivity (Wildman–Crippen MR) is 106 cm³/mol. The number of hydrogen-bond donors (Lipinski definition) is 1. The molecule has 0 radical (unpaired) electrons. The lowest BCUT2D eigenvalue weighted by atomic mass is 10.0. The number of amides is 2. The fourth-order valence-electron chi connectivity index (χ4n) is 3.74. The maximum Gasteiger partial charge on any atom is 0.289 e. The van der Waals surface area contributed by atoms with Crippen molar-refractivity contribution in [2.45, 2.75) is 37.8 Å². The highest BCUT2D eigenvalue weighted by Gasteiger charge is 2.26. The Morgan fingerprint density at radius 3 is 2.72 bits per heavy atom. The van der Waals surface area contributed by atoms with Gasteiger partial charge in [0.05, 0.1) is 12.4 Å². The zero-order chi connectivity index (χ0) is 20.1. The molecule has 2 saturated heterocycles. The molecule has 29 heavy (non-hydrogen) atoms. The summed E-state index contributed by atoms with van der Waals surface area (Å²) in [6, 6.07) is 10.6. The Morgan fingerprint density at radius 2 is 2.00 bits per heavy atom. The minimum atomic E-state index is -0.122. The average Bonchev–Trinajstić information content (AvgIpc) is 3.47. The number of piperidine rings is 1. The van der Waals surface area contributed by atoms with Crippen LogP contribution in [0.3, 0.4) is 0 Å². The molecule has 0 saturated carbocycles. The van der Waals surface area contributed by atoms with Crippen molar-refractivity contribution in [1.29, 1.82) is 0 Å². The maximum atomic E-state index is 12.6. The van der Waals surface area contributed by atoms with Crippen LogP contribution < -0.4 is 10.1 Å². The first-order valence-corrected chi connectivity index (χ1v) is 10.2. The molecule has 2 amide bonds. The standard InChI is InChI=1S/C22H26N2O5/c25-21(16-4-1-5-18(14-16)29-15-19-6-2-12-27-19)23-17-8-10-24(11-9-17)22(26)20-7-3-13-28-20/h1,3-5,7,13-14,17,19H,2,6,8-12,15H2,(H,23,25). The van der Waals surface area contributed by atoms with Crippen molar-refractivity contribution in [3.8, 4) is 5.75 Å². The van der Waals surface area contributed by atoms with Crippen LogP contribution in [0.1, 0.15) is 46.6 Å². The van der Waals surface area contributed by atoms with E-state index in [1.165, 1.54) is 6.26 Å². The molecule has 0 spiro atoms. The Balaban J connectivity index is 1.26. The van der Waals surface area contributed by atoms with Crippen LogP contribution in [-0.2, 0) is 4.74 Å². The molecule has 2 aliphatic rings. The lowest BCUT2D eigenvalue weighted by Crippen LogP contribution is -2.46. The molecule has 2 fully saturated rings. The van der Waals surface area contributed by atoms with Crippen LogP contribution in [0, 0.1) is 0 Å². The molecular formula is C22H26N2O5. The second-order valence-corrected chi connectivity index (χ2v) is 7.49. The lowest BCUT2D eigenvalue weighted by Gasteiger charge is -2.31. The van der Waals surface area contributed by atoms with Crippen LogP contribution in [-0.4, -0.2) is 55.2 Å². The van der Waals surface area contributed by atoms with Crippen molar-refractivity contribution < 1.29 is 23.5 Å². The lowest BCUT2D eigenvalue weighted by molar-refractivity contribution is 0.0667. The van der Waals surface area contributed by atoms with E-state index in [-0.39, 0.29) is 24.0 Å². The minimum Gasteiger partial charge on any atom is -0.491 e. The number of likely N-dealkylation sites (tertiary alicyclic amines) is 1. The molecule has 1 aromatic carbocycles. The van der Waals surface area contributed by atoms with E-state index in [2.05, 4.69) is 5.32 Å². The Bertz CT molecular complexity index is 821. The molecule has 7 heteroatoms. The van der Waals surface area contributed by atoms with Crippen LogP contribution >= 0.6 is 0 Å². The second kappa shape index (κ2) is 9.13. The summed E-state index contributed by atoms with van der Waals surface area (Å²) in [5, 5.41) is 3.07. The Morgan fingerprint density at radius 1 is 1.14 bits per heavy atom. The molecule has 0 bridgehead atoms. The largest absolute Gasteiger partial charge is 0.491 e. The van der Waals surface area contributed by atoms with Gasteiger partial charge in [0.2, 0.25) is 0 Å². The van der Waals surface area contributed by atoms with E-state index < -0.39 is 0 Å². The minimum absolute atomic E-state index is 0.0413. The first kappa shape index (κ1) is 19.5. The number of hydrogen-bond acceptors (Lipinski definition) is 5. The summed E-state index contributed by atoms with van der Waals surface area (Å²) in [5.74, 6) is 0.804. The molecule has 4 rings (SSSR count). The maximum absolute atomic E-state index is 12.6. The van der Waals surface area contributed by atoms with Crippen LogP contribution in [0.5, 0.6) is 5.75 Å². The van der Waals surface area contributed by atoms with Crippen molar-refractivity contribution in [3.05, 3.63) is 54.0 Å². The third kappa shape index (κ3) is 4.98. The molecule has 1 unspecified atom stereocenters. The van der Waals surface area contributed by atoms with Gasteiger partial charge in [-0.15, -0.1) is 0 Å². The number of nitrogens with one attached hydrogen (secondary N) is 1. The first-order chi connectivity index (χ1) is 14.2. The van der Waals surface area contributed by atoms with Crippen LogP contribution in [0.2, 0.25) is 0 Å². The molecule has 1 atom stereocenters. The predicted octanol–water partition coefficient (Wildman–Crippen LogP) is 2.87. The fourth-order valence-corrected chi connectivity index (χ4v) is 3.74. The summed E-state index contributed by atoms with van der Waals surface area (Å²) in [7, 11) is 0. The van der Waals surface area contributed by atoms with Crippen LogP contribution in [0.25, 0.3) is 0 Å². The quantitative estimate of drug-likeness (QED) is 0.809. The van der Waals surface area contributed by atoms with Crippen molar-refractivity contribution in [2.75, 3.05) is 26.3 Å². The first-order valence-electron chi connectivity index (χ1n) is 10.2. The fraction of sp³-hybridized carbons (Fsp3) is 0.455. The van der Waals surface area contributed by atoms with E-state index >= 15 is 0 Å². The molecule has 0 aliphatic carbocycles. The zero-order valence-electron chi connectivity index (χ0n) is 16.3. The monoisotopic (exact) mass is 398 g/mol. The number of carbonyl (C=O) groups excluding carboxylic acids is 2. The Kier molecular flexibility index (Phi) is 6.14. The molecule has 3 heterocycles. The average molecular weight is 398 g/mol. The van der Waals surface area contributed by atoms with Gasteiger partial charge in [0.15, 0.2) is 5.76 Å². The number of carbonyl (C=O) groups is 2. The molecular weight excluding hydrogens is 372 g/mol. The highest BCUT2D eigenvalue weighted by molar-refractivity contribution is 5.95. The molecule has 2 aromatic rings. The zero-order valence-corrected chi connectivity index (χ0v) is 16.3. The molecule has 7 nitrogen and oxygen atoms in total. The smallest absolute Gasteiger partial charge is 0.289 e. The van der Waals surface area contributed by atoms with E-state index in [1.807, 2.05) is 12.1 Å². The van der Waals surface area contributed by atoms with Gasteiger partial charge in [0, 0.05) is 31.3 Å². The van der Waals surface area contributed by atoms with Gasteiger partial charge in [0.1, 0.15) is 12.4 Å². The number of furan rings is 1. The molecule has 1 N–H and O–H groups in total. The summed E-state index contributed by atoms with van der Waals surface area (Å²) in [6.07, 6.45) is 5.16. The van der Waals surface area contributed by atoms with Gasteiger partial charge >= 0.3 is 0 Å². The second-order valence-electron chi connectivity index (χ2n) is 7.49. The van der Waals surface area contributed by atoms with Gasteiger partial charge < -0.3 is 24.1 Å². The highest BCUT2D eigenvalue weighted by Crippen LogP contribution is 2.19. The van der Waals surface area contributed by atoms with Crippen molar-refractivity contribution in [1.82, 2.24) is 10.2 Å². The van der Waals surface area contributed by atoms with Gasteiger partial charge in [-0.2, -0.15) is 0 Å². The Labute approximate surface area is 170 Å². The van der Waals surface area contributed by atoms with Crippen molar-refractivity contribution >= 4 is 11.8 Å². The van der Waals surface area contributed by atoms with Crippen LogP contribution in [0.15, 0.2) is 47.1 Å². The molecule has 154 valence electrons. The number of nitrogens with zero attached hydrogens (tertiary/aromatic N) is 1. The van der Waals surface area contributed by atoms with Crippen molar-refractivity contribution in [2.24, 2.45) is 0 Å². The topological polar surface area (TPSA) is 81.0 Å². The van der Waals surface area contributed by atoms with E-state index in [0.717, 1.165) is 19.4 Å². The Hall–Kier alpha value is -2.80. The van der Waals surface area contributed by atoms with Crippen LogP contribution in [0.4, 0.5) is 0 Å². The van der Waals surface area contributed by atoms with Gasteiger partial charge in [-0.1, -0.05) is 6.07 Å². The summed E-state index contributed by atoms with van der Waals surface area (Å²) in [5.41, 5.74) is 0.573. The SMILES string of the molecule is O=C(NC1CCN(C(=O)c2ccco2)CC1)c1cccc(OCC2CCCO2)c1. The van der Waals surface area contributed by atoms with Crippen molar-refractivity contribution in [3.63, 3.8) is 0 Å². The number of benzene rings is 1. The molecule has 1 aromatic heterocycles. The number of rotatable bonds is 6. The third-order valence-corrected chi connectivity index (χ3v) is 5.41. The highest BCUT2D eigenvalue weighted by atomic mass is 16.5. The van der Waals surface area contributed by atoms with Gasteiger partial charge in [-0.3, -0.25) is 9.59 Å². The van der Waals surface area contributed by atoms with E-state index in [4.69, 9.17) is 13.9 Å². The van der Waals surface area contributed by atoms with E-state index in [1.54, 1.807) is 29.2 Å². The third-order valence-electron chi connectivity index (χ3n) is 5.41. The van der Waals surface area contributed by atoms with E-state index in [9.17, 15) is 9.59 Å². The van der Waals surface area contributed by atoms with Gasteiger partial charge in [-0.25, -0.2) is 0 Å².